The van der Waals surface area contributed by atoms with E-state index in [9.17, 15) is 4.79 Å². The zero-order valence-corrected chi connectivity index (χ0v) is 18.1. The lowest BCUT2D eigenvalue weighted by molar-refractivity contribution is -0.191. The molecule has 3 heterocycles. The number of esters is 1. The number of aliphatic imine (C=N–C) groups is 1. The smallest absolute Gasteiger partial charge is 0.373 e. The van der Waals surface area contributed by atoms with E-state index in [4.69, 9.17) is 14.3 Å². The standard InChI is InChI=1S/C19H19NO2S3.CO2/c1-4-14-17(19(21)22-5-2)12(3)24-18(14)20-11-13-8-9-16(25-13)15-7-6-10-23-15;2-1-3/h6-11H,4-5H2,1-3H3;. The molecule has 0 spiro atoms. The van der Waals surface area contributed by atoms with Gasteiger partial charge in [-0.25, -0.2) is 9.79 Å². The Morgan fingerprint density at radius 2 is 1.93 bits per heavy atom. The van der Waals surface area contributed by atoms with Gasteiger partial charge in [0.15, 0.2) is 0 Å². The number of ether oxygens (including phenoxy) is 1. The van der Waals surface area contributed by atoms with Crippen molar-refractivity contribution in [3.8, 4) is 9.75 Å². The normalized spacial score (nSPS) is 10.4. The van der Waals surface area contributed by atoms with Gasteiger partial charge in [-0.1, -0.05) is 13.0 Å². The van der Waals surface area contributed by atoms with Gasteiger partial charge in [0.05, 0.1) is 12.2 Å². The number of carbonyl (C=O) groups is 1. The number of aryl methyl sites for hydroxylation is 1. The fourth-order valence-electron chi connectivity index (χ4n) is 2.58. The van der Waals surface area contributed by atoms with Crippen molar-refractivity contribution < 1.29 is 19.1 Å². The lowest BCUT2D eigenvalue weighted by atomic mass is 10.1. The van der Waals surface area contributed by atoms with E-state index < -0.39 is 0 Å². The number of rotatable bonds is 6. The number of nitrogens with zero attached hydrogens (tertiary/aromatic N) is 1. The van der Waals surface area contributed by atoms with Crippen LogP contribution in [0.4, 0.5) is 5.00 Å². The number of hydrogen-bond acceptors (Lipinski definition) is 8. The minimum Gasteiger partial charge on any atom is -0.462 e. The van der Waals surface area contributed by atoms with Gasteiger partial charge in [-0.05, 0) is 43.8 Å². The maximum absolute atomic E-state index is 12.2. The molecule has 3 rings (SSSR count). The molecular weight excluding hydrogens is 414 g/mol. The molecule has 0 unspecified atom stereocenters. The molecule has 0 amide bonds. The van der Waals surface area contributed by atoms with E-state index in [1.165, 1.54) is 9.75 Å². The Labute approximate surface area is 175 Å². The highest BCUT2D eigenvalue weighted by Crippen LogP contribution is 2.37. The molecule has 0 fully saturated rings. The van der Waals surface area contributed by atoms with Gasteiger partial charge in [-0.15, -0.1) is 34.0 Å². The molecule has 0 aliphatic heterocycles. The van der Waals surface area contributed by atoms with Gasteiger partial charge in [0.25, 0.3) is 0 Å². The molecule has 8 heteroatoms. The molecule has 0 saturated carbocycles. The third kappa shape index (κ3) is 5.33. The first-order valence-electron chi connectivity index (χ1n) is 8.52. The fraction of sp³-hybridized carbons (Fsp3) is 0.250. The summed E-state index contributed by atoms with van der Waals surface area (Å²) in [5.41, 5.74) is 1.67. The summed E-state index contributed by atoms with van der Waals surface area (Å²) in [6.07, 6.45) is 2.90. The Hall–Kier alpha value is -2.38. The third-order valence-electron chi connectivity index (χ3n) is 3.69. The maximum Gasteiger partial charge on any atom is 0.373 e. The first kappa shape index (κ1) is 21.9. The summed E-state index contributed by atoms with van der Waals surface area (Å²) in [4.78, 5) is 37.7. The van der Waals surface area contributed by atoms with Gasteiger partial charge in [0.1, 0.15) is 5.00 Å². The number of hydrogen-bond donors (Lipinski definition) is 0. The molecule has 0 saturated heterocycles. The highest BCUT2D eigenvalue weighted by molar-refractivity contribution is 7.22. The zero-order valence-electron chi connectivity index (χ0n) is 15.7. The zero-order chi connectivity index (χ0) is 20.5. The predicted molar refractivity (Wildman–Crippen MR) is 114 cm³/mol. The first-order valence-corrected chi connectivity index (χ1v) is 11.0. The molecule has 0 aromatic carbocycles. The van der Waals surface area contributed by atoms with Crippen molar-refractivity contribution in [1.82, 2.24) is 0 Å². The molecule has 146 valence electrons. The van der Waals surface area contributed by atoms with Crippen LogP contribution in [0.2, 0.25) is 0 Å². The van der Waals surface area contributed by atoms with E-state index in [0.29, 0.717) is 12.2 Å². The van der Waals surface area contributed by atoms with Crippen molar-refractivity contribution in [2.45, 2.75) is 27.2 Å². The molecule has 5 nitrogen and oxygen atoms in total. The molecule has 0 atom stereocenters. The summed E-state index contributed by atoms with van der Waals surface area (Å²) in [6.45, 7) is 6.21. The van der Waals surface area contributed by atoms with Gasteiger partial charge in [-0.3, -0.25) is 0 Å². The van der Waals surface area contributed by atoms with Crippen LogP contribution >= 0.6 is 34.0 Å². The van der Waals surface area contributed by atoms with Gasteiger partial charge in [0, 0.05) is 31.3 Å². The second kappa shape index (κ2) is 10.8. The van der Waals surface area contributed by atoms with Crippen molar-refractivity contribution >= 4 is 57.3 Å². The van der Waals surface area contributed by atoms with Crippen molar-refractivity contribution in [2.24, 2.45) is 4.99 Å². The van der Waals surface area contributed by atoms with E-state index in [-0.39, 0.29) is 12.1 Å². The summed E-state index contributed by atoms with van der Waals surface area (Å²) >= 11 is 5.01. The van der Waals surface area contributed by atoms with Crippen LogP contribution in [-0.4, -0.2) is 24.9 Å². The summed E-state index contributed by atoms with van der Waals surface area (Å²) in [7, 11) is 0. The molecule has 0 aliphatic rings. The molecule has 0 N–H and O–H groups in total. The van der Waals surface area contributed by atoms with Crippen LogP contribution in [0.15, 0.2) is 34.6 Å². The second-order valence-electron chi connectivity index (χ2n) is 5.41. The second-order valence-corrected chi connectivity index (χ2v) is 8.68. The molecular formula is C20H19NO4S3. The van der Waals surface area contributed by atoms with Gasteiger partial charge < -0.3 is 4.74 Å². The van der Waals surface area contributed by atoms with E-state index in [2.05, 4.69) is 34.6 Å². The predicted octanol–water partition coefficient (Wildman–Crippen LogP) is 5.75. The topological polar surface area (TPSA) is 72.8 Å². The quantitative estimate of drug-likeness (QED) is 0.366. The monoisotopic (exact) mass is 433 g/mol. The van der Waals surface area contributed by atoms with Crippen LogP contribution in [0.5, 0.6) is 0 Å². The lowest BCUT2D eigenvalue weighted by Crippen LogP contribution is -2.07. The van der Waals surface area contributed by atoms with Gasteiger partial charge in [-0.2, -0.15) is 9.59 Å². The van der Waals surface area contributed by atoms with E-state index in [1.54, 1.807) is 34.0 Å². The summed E-state index contributed by atoms with van der Waals surface area (Å²) < 4.78 is 5.19. The van der Waals surface area contributed by atoms with Crippen LogP contribution < -0.4 is 0 Å². The highest BCUT2D eigenvalue weighted by Gasteiger charge is 2.21. The van der Waals surface area contributed by atoms with Crippen LogP contribution in [0.25, 0.3) is 9.75 Å². The Morgan fingerprint density at radius 3 is 2.54 bits per heavy atom. The van der Waals surface area contributed by atoms with E-state index in [0.717, 1.165) is 26.7 Å². The van der Waals surface area contributed by atoms with E-state index >= 15 is 0 Å². The van der Waals surface area contributed by atoms with Crippen molar-refractivity contribution in [2.75, 3.05) is 6.61 Å². The molecule has 0 aliphatic carbocycles. The minimum atomic E-state index is -0.245. The Morgan fingerprint density at radius 1 is 1.18 bits per heavy atom. The Bertz CT molecular complexity index is 977. The van der Waals surface area contributed by atoms with E-state index in [1.807, 2.05) is 27.0 Å². The third-order valence-corrected chi connectivity index (χ3v) is 6.84. The summed E-state index contributed by atoms with van der Waals surface area (Å²) in [5.74, 6) is -0.245. The van der Waals surface area contributed by atoms with Crippen LogP contribution in [0.3, 0.4) is 0 Å². The summed E-state index contributed by atoms with van der Waals surface area (Å²) in [5, 5.41) is 2.98. The van der Waals surface area contributed by atoms with Crippen LogP contribution in [-0.2, 0) is 20.7 Å². The van der Waals surface area contributed by atoms with Crippen LogP contribution in [0.1, 0.15) is 39.5 Å². The Balaban J connectivity index is 0.000000878. The largest absolute Gasteiger partial charge is 0.462 e. The SMILES string of the molecule is CCOC(=O)c1c(C)sc(N=Cc2ccc(-c3cccs3)s2)c1CC.O=C=O. The van der Waals surface area contributed by atoms with Crippen molar-refractivity contribution in [1.29, 1.82) is 0 Å². The molecule has 3 aromatic heterocycles. The molecule has 0 radical (unpaired) electrons. The lowest BCUT2D eigenvalue weighted by Gasteiger charge is -2.03. The number of carbonyl (C=O) groups excluding carboxylic acids is 3. The average Bonchev–Trinajstić information content (AvgIpc) is 3.40. The average molecular weight is 434 g/mol. The van der Waals surface area contributed by atoms with Crippen LogP contribution in [0, 0.1) is 6.92 Å². The fourth-order valence-corrected chi connectivity index (χ4v) is 5.36. The Kier molecular flexibility index (Phi) is 8.47. The highest BCUT2D eigenvalue weighted by atomic mass is 32.1. The maximum atomic E-state index is 12.2. The molecule has 28 heavy (non-hydrogen) atoms. The van der Waals surface area contributed by atoms with Gasteiger partial charge >= 0.3 is 12.1 Å². The molecule has 0 bridgehead atoms. The van der Waals surface area contributed by atoms with Gasteiger partial charge in [0.2, 0.25) is 0 Å². The first-order chi connectivity index (χ1) is 13.5. The van der Waals surface area contributed by atoms with Crippen molar-refractivity contribution in [3.63, 3.8) is 0 Å². The molecule has 3 aromatic rings. The number of thiophene rings is 3. The summed E-state index contributed by atoms with van der Waals surface area (Å²) in [6, 6.07) is 8.40. The van der Waals surface area contributed by atoms with Crippen molar-refractivity contribution in [3.05, 3.63) is 50.5 Å². The minimum absolute atomic E-state index is 0.245.